The molecular formula is C18H33NO. The van der Waals surface area contributed by atoms with Gasteiger partial charge in [0.25, 0.3) is 0 Å². The van der Waals surface area contributed by atoms with E-state index in [0.717, 1.165) is 30.8 Å². The van der Waals surface area contributed by atoms with Crippen LogP contribution in [0.2, 0.25) is 0 Å². The smallest absolute Gasteiger partial charge is 0.0847 e. The van der Waals surface area contributed by atoms with Crippen LogP contribution in [0.25, 0.3) is 0 Å². The first kappa shape index (κ1) is 14.8. The summed E-state index contributed by atoms with van der Waals surface area (Å²) in [5, 5.41) is 3.79. The predicted molar refractivity (Wildman–Crippen MR) is 83.8 cm³/mol. The molecule has 3 unspecified atom stereocenters. The third-order valence-corrected chi connectivity index (χ3v) is 6.20. The highest BCUT2D eigenvalue weighted by Gasteiger charge is 2.52. The van der Waals surface area contributed by atoms with E-state index < -0.39 is 0 Å². The lowest BCUT2D eigenvalue weighted by Gasteiger charge is -2.57. The van der Waals surface area contributed by atoms with Gasteiger partial charge in [-0.15, -0.1) is 0 Å². The number of morpholine rings is 1. The van der Waals surface area contributed by atoms with Crippen molar-refractivity contribution in [1.82, 2.24) is 5.32 Å². The monoisotopic (exact) mass is 279 g/mol. The summed E-state index contributed by atoms with van der Waals surface area (Å²) in [5.74, 6) is 2.30. The average molecular weight is 279 g/mol. The minimum atomic E-state index is 0.126. The van der Waals surface area contributed by atoms with E-state index in [-0.39, 0.29) is 11.2 Å². The number of hydrogen-bond donors (Lipinski definition) is 1. The second-order valence-electron chi connectivity index (χ2n) is 8.25. The lowest BCUT2D eigenvalue weighted by atomic mass is 9.65. The maximum atomic E-state index is 7.03. The van der Waals surface area contributed by atoms with Gasteiger partial charge in [-0.2, -0.15) is 0 Å². The lowest BCUT2D eigenvalue weighted by Crippen LogP contribution is -2.65. The fraction of sp³-hybridized carbons (Fsp3) is 1.00. The molecule has 1 saturated heterocycles. The first-order valence-corrected chi connectivity index (χ1v) is 8.96. The van der Waals surface area contributed by atoms with E-state index in [4.69, 9.17) is 4.74 Å². The van der Waals surface area contributed by atoms with Crippen LogP contribution in [0.4, 0.5) is 0 Å². The van der Waals surface area contributed by atoms with Crippen LogP contribution < -0.4 is 5.32 Å². The molecule has 3 fully saturated rings. The van der Waals surface area contributed by atoms with E-state index in [1.54, 1.807) is 0 Å². The molecule has 2 nitrogen and oxygen atoms in total. The van der Waals surface area contributed by atoms with Gasteiger partial charge in [0.1, 0.15) is 0 Å². The van der Waals surface area contributed by atoms with E-state index in [1.165, 1.54) is 51.4 Å². The van der Waals surface area contributed by atoms with Crippen molar-refractivity contribution in [3.63, 3.8) is 0 Å². The highest BCUT2D eigenvalue weighted by Crippen LogP contribution is 2.48. The molecule has 116 valence electrons. The van der Waals surface area contributed by atoms with Gasteiger partial charge in [0.05, 0.1) is 11.2 Å². The molecule has 0 radical (unpaired) electrons. The second-order valence-corrected chi connectivity index (χ2v) is 8.25. The van der Waals surface area contributed by atoms with Crippen molar-refractivity contribution < 1.29 is 4.74 Å². The molecule has 0 bridgehead atoms. The van der Waals surface area contributed by atoms with E-state index in [0.29, 0.717) is 0 Å². The van der Waals surface area contributed by atoms with Gasteiger partial charge in [-0.25, -0.2) is 0 Å². The van der Waals surface area contributed by atoms with Crippen LogP contribution in [0.5, 0.6) is 0 Å². The summed E-state index contributed by atoms with van der Waals surface area (Å²) < 4.78 is 7.03. The zero-order valence-electron chi connectivity index (χ0n) is 13.7. The molecule has 2 aliphatic carbocycles. The van der Waals surface area contributed by atoms with Gasteiger partial charge in [-0.3, -0.25) is 0 Å². The molecule has 2 spiro atoms. The Kier molecular flexibility index (Phi) is 4.16. The largest absolute Gasteiger partial charge is 0.366 e. The van der Waals surface area contributed by atoms with E-state index >= 15 is 0 Å². The van der Waals surface area contributed by atoms with Crippen molar-refractivity contribution in [1.29, 1.82) is 0 Å². The van der Waals surface area contributed by atoms with Crippen LogP contribution in [-0.2, 0) is 4.74 Å². The fourth-order valence-electron chi connectivity index (χ4n) is 5.31. The van der Waals surface area contributed by atoms with Gasteiger partial charge in [-0.1, -0.05) is 46.5 Å². The molecule has 1 heterocycles. The minimum absolute atomic E-state index is 0.126. The Hall–Kier alpha value is -0.0800. The zero-order valence-corrected chi connectivity index (χ0v) is 13.7. The summed E-state index contributed by atoms with van der Waals surface area (Å²) in [6.45, 7) is 9.39. The first-order valence-electron chi connectivity index (χ1n) is 8.96. The number of hydrogen-bond acceptors (Lipinski definition) is 2. The summed E-state index contributed by atoms with van der Waals surface area (Å²) in [5.41, 5.74) is 0.294. The molecule has 0 amide bonds. The van der Waals surface area contributed by atoms with Crippen LogP contribution in [0, 0.1) is 17.8 Å². The molecular weight excluding hydrogens is 246 g/mol. The summed E-state index contributed by atoms with van der Waals surface area (Å²) in [6.07, 6.45) is 10.7. The van der Waals surface area contributed by atoms with Crippen molar-refractivity contribution in [2.24, 2.45) is 17.8 Å². The Bertz CT molecular complexity index is 329. The van der Waals surface area contributed by atoms with Crippen LogP contribution in [0.3, 0.4) is 0 Å². The van der Waals surface area contributed by atoms with Crippen LogP contribution in [-0.4, -0.2) is 24.3 Å². The van der Waals surface area contributed by atoms with Gasteiger partial charge in [0.15, 0.2) is 0 Å². The Balaban J connectivity index is 1.83. The zero-order chi connectivity index (χ0) is 14.2. The third-order valence-electron chi connectivity index (χ3n) is 6.20. The highest BCUT2D eigenvalue weighted by atomic mass is 16.5. The van der Waals surface area contributed by atoms with Crippen LogP contribution >= 0.6 is 0 Å². The second kappa shape index (κ2) is 5.61. The molecule has 3 aliphatic rings. The number of rotatable bonds is 1. The normalized spacial score (nSPS) is 41.4. The van der Waals surface area contributed by atoms with Gasteiger partial charge in [0, 0.05) is 13.1 Å². The van der Waals surface area contributed by atoms with E-state index in [9.17, 15) is 0 Å². The molecule has 0 aromatic rings. The summed E-state index contributed by atoms with van der Waals surface area (Å²) in [4.78, 5) is 0. The van der Waals surface area contributed by atoms with Crippen molar-refractivity contribution in [2.75, 3.05) is 13.1 Å². The SMILES string of the molecule is CC1CCC(C(C)C)C2(CNCC3(CCCCC3)O2)C1. The Labute approximate surface area is 125 Å². The van der Waals surface area contributed by atoms with Gasteiger partial charge in [0.2, 0.25) is 0 Å². The number of nitrogens with one attached hydrogen (secondary N) is 1. The Morgan fingerprint density at radius 1 is 1.05 bits per heavy atom. The first-order chi connectivity index (χ1) is 9.55. The maximum absolute atomic E-state index is 7.03. The average Bonchev–Trinajstić information content (AvgIpc) is 2.38. The van der Waals surface area contributed by atoms with E-state index in [2.05, 4.69) is 26.1 Å². The van der Waals surface area contributed by atoms with Crippen LogP contribution in [0.1, 0.15) is 72.1 Å². The minimum Gasteiger partial charge on any atom is -0.366 e. The fourth-order valence-corrected chi connectivity index (χ4v) is 5.31. The Morgan fingerprint density at radius 2 is 1.80 bits per heavy atom. The standard InChI is InChI=1S/C18H33NO/c1-14(2)16-8-7-15(3)11-18(16)13-19-12-17(20-18)9-5-4-6-10-17/h14-16,19H,4-13H2,1-3H3. The maximum Gasteiger partial charge on any atom is 0.0847 e. The molecule has 0 aromatic carbocycles. The van der Waals surface area contributed by atoms with Crippen LogP contribution in [0.15, 0.2) is 0 Å². The van der Waals surface area contributed by atoms with E-state index in [1.807, 2.05) is 0 Å². The molecule has 20 heavy (non-hydrogen) atoms. The predicted octanol–water partition coefficient (Wildman–Crippen LogP) is 4.14. The molecule has 1 aliphatic heterocycles. The van der Waals surface area contributed by atoms with Gasteiger partial charge < -0.3 is 10.1 Å². The van der Waals surface area contributed by atoms with Crippen molar-refractivity contribution in [3.05, 3.63) is 0 Å². The lowest BCUT2D eigenvalue weighted by molar-refractivity contribution is -0.235. The quantitative estimate of drug-likeness (QED) is 0.779. The van der Waals surface area contributed by atoms with Crippen molar-refractivity contribution in [3.8, 4) is 0 Å². The summed E-state index contributed by atoms with van der Waals surface area (Å²) in [6, 6.07) is 0. The van der Waals surface area contributed by atoms with Crippen molar-refractivity contribution >= 4 is 0 Å². The van der Waals surface area contributed by atoms with Crippen molar-refractivity contribution in [2.45, 2.75) is 83.3 Å². The highest BCUT2D eigenvalue weighted by molar-refractivity contribution is 5.04. The molecule has 3 rings (SSSR count). The Morgan fingerprint density at radius 3 is 2.50 bits per heavy atom. The topological polar surface area (TPSA) is 21.3 Å². The molecule has 3 atom stereocenters. The number of ether oxygens (including phenoxy) is 1. The van der Waals surface area contributed by atoms with Gasteiger partial charge >= 0.3 is 0 Å². The third kappa shape index (κ3) is 2.66. The summed E-state index contributed by atoms with van der Waals surface area (Å²) in [7, 11) is 0. The van der Waals surface area contributed by atoms with Gasteiger partial charge in [-0.05, 0) is 43.4 Å². The molecule has 0 aromatic heterocycles. The summed E-state index contributed by atoms with van der Waals surface area (Å²) >= 11 is 0. The molecule has 1 N–H and O–H groups in total. The molecule has 2 saturated carbocycles. The molecule has 2 heteroatoms.